The molecule has 0 radical (unpaired) electrons. The topological polar surface area (TPSA) is 68.8 Å². The van der Waals surface area contributed by atoms with Gasteiger partial charge in [0.25, 0.3) is 0 Å². The predicted molar refractivity (Wildman–Crippen MR) is 56.5 cm³/mol. The lowest BCUT2D eigenvalue weighted by Crippen LogP contribution is -2.31. The van der Waals surface area contributed by atoms with Gasteiger partial charge in [0.05, 0.1) is 17.9 Å². The molecule has 18 heavy (non-hydrogen) atoms. The van der Waals surface area contributed by atoms with Crippen LogP contribution in [0, 0.1) is 17.5 Å². The Kier molecular flexibility index (Phi) is 3.30. The van der Waals surface area contributed by atoms with Crippen LogP contribution in [0.3, 0.4) is 0 Å². The first-order valence-electron chi connectivity index (χ1n) is 4.99. The third-order valence-electron chi connectivity index (χ3n) is 2.54. The summed E-state index contributed by atoms with van der Waals surface area (Å²) in [6.45, 7) is 0. The smallest absolute Gasteiger partial charge is 0.134 e. The Morgan fingerprint density at radius 1 is 1.28 bits per heavy atom. The van der Waals surface area contributed by atoms with Gasteiger partial charge in [-0.25, -0.2) is 18.6 Å². The molecule has 2 aromatic rings. The molecule has 0 spiro atoms. The van der Waals surface area contributed by atoms with Crippen LogP contribution in [-0.4, -0.2) is 15.0 Å². The van der Waals surface area contributed by atoms with Gasteiger partial charge in [0.15, 0.2) is 0 Å². The van der Waals surface area contributed by atoms with Gasteiger partial charge in [-0.2, -0.15) is 0 Å². The Hall–Kier alpha value is -1.93. The third kappa shape index (κ3) is 2.07. The molecule has 1 atom stereocenters. The molecule has 0 fully saturated rings. The van der Waals surface area contributed by atoms with Crippen molar-refractivity contribution in [1.29, 1.82) is 0 Å². The third-order valence-corrected chi connectivity index (χ3v) is 2.54. The maximum Gasteiger partial charge on any atom is 0.134 e. The van der Waals surface area contributed by atoms with Crippen molar-refractivity contribution in [3.05, 3.63) is 47.0 Å². The van der Waals surface area contributed by atoms with E-state index in [1.165, 1.54) is 10.9 Å². The number of hydrazine groups is 1. The Bertz CT molecular complexity index is 545. The molecule has 0 aliphatic heterocycles. The zero-order valence-electron chi connectivity index (χ0n) is 9.36. The minimum Gasteiger partial charge on any atom is -0.271 e. The SMILES string of the molecule is Cn1nncc1C(NN)c1c(F)cc(F)cc1F. The van der Waals surface area contributed by atoms with Gasteiger partial charge in [0.2, 0.25) is 0 Å². The van der Waals surface area contributed by atoms with E-state index in [2.05, 4.69) is 15.7 Å². The molecule has 0 bridgehead atoms. The highest BCUT2D eigenvalue weighted by Crippen LogP contribution is 2.26. The summed E-state index contributed by atoms with van der Waals surface area (Å²) in [6.07, 6.45) is 1.31. The summed E-state index contributed by atoms with van der Waals surface area (Å²) < 4.78 is 41.4. The number of benzene rings is 1. The zero-order valence-corrected chi connectivity index (χ0v) is 9.36. The Balaban J connectivity index is 2.56. The summed E-state index contributed by atoms with van der Waals surface area (Å²) in [6, 6.07) is 0.171. The van der Waals surface area contributed by atoms with E-state index in [4.69, 9.17) is 5.84 Å². The number of hydrogen-bond acceptors (Lipinski definition) is 4. The van der Waals surface area contributed by atoms with Crippen LogP contribution in [0.25, 0.3) is 0 Å². The molecule has 8 heteroatoms. The lowest BCUT2D eigenvalue weighted by Gasteiger charge is -2.17. The van der Waals surface area contributed by atoms with Crippen LogP contribution < -0.4 is 11.3 Å². The van der Waals surface area contributed by atoms with Crippen molar-refractivity contribution < 1.29 is 13.2 Å². The number of aromatic nitrogens is 3. The normalized spacial score (nSPS) is 12.7. The van der Waals surface area contributed by atoms with Gasteiger partial charge < -0.3 is 0 Å². The molecule has 0 amide bonds. The fourth-order valence-corrected chi connectivity index (χ4v) is 1.70. The van der Waals surface area contributed by atoms with E-state index >= 15 is 0 Å². The fourth-order valence-electron chi connectivity index (χ4n) is 1.70. The highest BCUT2D eigenvalue weighted by Gasteiger charge is 2.24. The van der Waals surface area contributed by atoms with Crippen LogP contribution in [0.4, 0.5) is 13.2 Å². The number of halogens is 3. The van der Waals surface area contributed by atoms with Gasteiger partial charge in [-0.15, -0.1) is 5.10 Å². The molecule has 2 rings (SSSR count). The predicted octanol–water partition coefficient (Wildman–Crippen LogP) is 0.785. The molecular weight excluding hydrogens is 247 g/mol. The maximum absolute atomic E-state index is 13.6. The van der Waals surface area contributed by atoms with Crippen molar-refractivity contribution in [3.8, 4) is 0 Å². The van der Waals surface area contributed by atoms with E-state index in [-0.39, 0.29) is 5.56 Å². The minimum atomic E-state index is -1.03. The van der Waals surface area contributed by atoms with Crippen LogP contribution in [0.2, 0.25) is 0 Å². The van der Waals surface area contributed by atoms with E-state index < -0.39 is 23.5 Å². The van der Waals surface area contributed by atoms with Gasteiger partial charge in [-0.05, 0) is 0 Å². The molecule has 1 unspecified atom stereocenters. The van der Waals surface area contributed by atoms with Crippen molar-refractivity contribution in [2.45, 2.75) is 6.04 Å². The number of hydrogen-bond donors (Lipinski definition) is 2. The molecule has 1 aromatic heterocycles. The quantitative estimate of drug-likeness (QED) is 0.630. The van der Waals surface area contributed by atoms with Gasteiger partial charge in [0.1, 0.15) is 17.5 Å². The van der Waals surface area contributed by atoms with Crippen LogP contribution >= 0.6 is 0 Å². The Morgan fingerprint density at radius 2 is 1.89 bits per heavy atom. The maximum atomic E-state index is 13.6. The van der Waals surface area contributed by atoms with E-state index in [9.17, 15) is 13.2 Å². The highest BCUT2D eigenvalue weighted by atomic mass is 19.1. The molecule has 3 N–H and O–H groups in total. The van der Waals surface area contributed by atoms with Gasteiger partial charge in [-0.1, -0.05) is 5.21 Å². The summed E-state index contributed by atoms with van der Waals surface area (Å²) >= 11 is 0. The molecule has 5 nitrogen and oxygen atoms in total. The highest BCUT2D eigenvalue weighted by molar-refractivity contribution is 5.30. The molecule has 1 aromatic carbocycles. The summed E-state index contributed by atoms with van der Waals surface area (Å²) in [5.74, 6) is 2.24. The minimum absolute atomic E-state index is 0.349. The van der Waals surface area contributed by atoms with Crippen molar-refractivity contribution >= 4 is 0 Å². The number of nitrogens with zero attached hydrogens (tertiary/aromatic N) is 3. The average Bonchev–Trinajstić information content (AvgIpc) is 2.69. The number of nitrogens with two attached hydrogens (primary N) is 1. The van der Waals surface area contributed by atoms with Gasteiger partial charge in [-0.3, -0.25) is 10.5 Å². The first-order chi connectivity index (χ1) is 8.54. The van der Waals surface area contributed by atoms with Crippen molar-refractivity contribution in [2.75, 3.05) is 0 Å². The monoisotopic (exact) mass is 257 g/mol. The fraction of sp³-hybridized carbons (Fsp3) is 0.200. The summed E-state index contributed by atoms with van der Waals surface area (Å²) in [7, 11) is 1.55. The van der Waals surface area contributed by atoms with Gasteiger partial charge >= 0.3 is 0 Å². The molecule has 96 valence electrons. The van der Waals surface area contributed by atoms with Crippen molar-refractivity contribution in [3.63, 3.8) is 0 Å². The second-order valence-corrected chi connectivity index (χ2v) is 3.67. The summed E-state index contributed by atoms with van der Waals surface area (Å²) in [5, 5.41) is 7.23. The van der Waals surface area contributed by atoms with Crippen LogP contribution in [-0.2, 0) is 7.05 Å². The Labute approximate surface area is 100 Å². The van der Waals surface area contributed by atoms with Crippen LogP contribution in [0.1, 0.15) is 17.3 Å². The first kappa shape index (κ1) is 12.5. The van der Waals surface area contributed by atoms with E-state index in [1.54, 1.807) is 7.05 Å². The van der Waals surface area contributed by atoms with E-state index in [0.29, 0.717) is 17.8 Å². The Morgan fingerprint density at radius 3 is 2.33 bits per heavy atom. The second kappa shape index (κ2) is 4.75. The number of nitrogens with one attached hydrogen (secondary N) is 1. The molecule has 0 saturated carbocycles. The summed E-state index contributed by atoms with van der Waals surface area (Å²) in [5.41, 5.74) is 2.22. The lowest BCUT2D eigenvalue weighted by molar-refractivity contribution is 0.478. The van der Waals surface area contributed by atoms with Crippen LogP contribution in [0.5, 0.6) is 0 Å². The van der Waals surface area contributed by atoms with Crippen molar-refractivity contribution in [1.82, 2.24) is 20.4 Å². The van der Waals surface area contributed by atoms with E-state index in [0.717, 1.165) is 0 Å². The summed E-state index contributed by atoms with van der Waals surface area (Å²) in [4.78, 5) is 0. The largest absolute Gasteiger partial charge is 0.271 e. The molecule has 0 aliphatic rings. The van der Waals surface area contributed by atoms with Crippen molar-refractivity contribution in [2.24, 2.45) is 12.9 Å². The molecule has 0 saturated heterocycles. The molecule has 0 aliphatic carbocycles. The average molecular weight is 257 g/mol. The van der Waals surface area contributed by atoms with E-state index in [1.807, 2.05) is 0 Å². The standard InChI is InChI=1S/C10H10F3N5/c1-18-8(4-15-17-18)10(16-14)9-6(12)2-5(11)3-7(9)13/h2-4,10,16H,14H2,1H3. The number of aryl methyl sites for hydroxylation is 1. The first-order valence-corrected chi connectivity index (χ1v) is 4.99. The zero-order chi connectivity index (χ0) is 13.3. The number of rotatable bonds is 3. The van der Waals surface area contributed by atoms with Gasteiger partial charge in [0, 0.05) is 24.7 Å². The van der Waals surface area contributed by atoms with Crippen LogP contribution in [0.15, 0.2) is 18.3 Å². The lowest BCUT2D eigenvalue weighted by atomic mass is 10.0. The second-order valence-electron chi connectivity index (χ2n) is 3.67. The molecular formula is C10H10F3N5. The molecule has 1 heterocycles.